The Hall–Kier alpha value is -0.870. The first-order valence-electron chi connectivity index (χ1n) is 7.79. The van der Waals surface area contributed by atoms with Crippen molar-refractivity contribution in [3.63, 3.8) is 0 Å². The smallest absolute Gasteiger partial charge is 0.303 e. The highest BCUT2D eigenvalue weighted by Crippen LogP contribution is 2.38. The third kappa shape index (κ3) is 5.63. The summed E-state index contributed by atoms with van der Waals surface area (Å²) in [6, 6.07) is 0. The Labute approximate surface area is 121 Å². The number of carboxylic acid groups (broad SMARTS) is 1. The third-order valence-corrected chi connectivity index (χ3v) is 4.26. The van der Waals surface area contributed by atoms with Crippen molar-refractivity contribution in [2.45, 2.75) is 70.5 Å². The van der Waals surface area contributed by atoms with E-state index in [-0.39, 0.29) is 18.3 Å². The summed E-state index contributed by atoms with van der Waals surface area (Å²) in [6.45, 7) is 2.08. The number of allylic oxidation sites excluding steroid dienone is 2. The van der Waals surface area contributed by atoms with Crippen molar-refractivity contribution in [2.24, 2.45) is 11.8 Å². The van der Waals surface area contributed by atoms with E-state index in [9.17, 15) is 15.0 Å². The molecule has 1 saturated carbocycles. The fraction of sp³-hybridized carbons (Fsp3) is 0.812. The predicted molar refractivity (Wildman–Crippen MR) is 78.4 cm³/mol. The van der Waals surface area contributed by atoms with Crippen LogP contribution < -0.4 is 0 Å². The van der Waals surface area contributed by atoms with Gasteiger partial charge in [0, 0.05) is 6.42 Å². The Kier molecular flexibility index (Phi) is 7.85. The van der Waals surface area contributed by atoms with Gasteiger partial charge in [0.2, 0.25) is 0 Å². The average molecular weight is 284 g/mol. The number of hydrogen-bond donors (Lipinski definition) is 3. The molecular formula is C16H28O4. The van der Waals surface area contributed by atoms with Crippen LogP contribution in [0.4, 0.5) is 0 Å². The zero-order valence-corrected chi connectivity index (χ0v) is 12.4. The molecule has 4 atom stereocenters. The lowest BCUT2D eigenvalue weighted by Gasteiger charge is -2.22. The lowest BCUT2D eigenvalue weighted by atomic mass is 9.86. The molecule has 0 heterocycles. The van der Waals surface area contributed by atoms with Crippen molar-refractivity contribution in [2.75, 3.05) is 0 Å². The number of unbranched alkanes of at least 4 members (excludes halogenated alkanes) is 2. The van der Waals surface area contributed by atoms with Crippen LogP contribution in [0.2, 0.25) is 0 Å². The van der Waals surface area contributed by atoms with E-state index in [1.807, 2.05) is 0 Å². The highest BCUT2D eigenvalue weighted by Gasteiger charge is 2.40. The zero-order chi connectivity index (χ0) is 15.0. The van der Waals surface area contributed by atoms with Crippen LogP contribution in [0, 0.1) is 11.8 Å². The van der Waals surface area contributed by atoms with Crippen LogP contribution >= 0.6 is 0 Å². The maximum atomic E-state index is 10.4. The molecule has 0 radical (unpaired) electrons. The molecule has 4 unspecified atom stereocenters. The summed E-state index contributed by atoms with van der Waals surface area (Å²) < 4.78 is 0. The Morgan fingerprint density at radius 3 is 2.45 bits per heavy atom. The zero-order valence-electron chi connectivity index (χ0n) is 12.4. The van der Waals surface area contributed by atoms with Gasteiger partial charge in [0.15, 0.2) is 0 Å². The van der Waals surface area contributed by atoms with E-state index in [4.69, 9.17) is 5.11 Å². The Morgan fingerprint density at radius 1 is 1.10 bits per heavy atom. The summed E-state index contributed by atoms with van der Waals surface area (Å²) in [5.74, 6) is -0.451. The van der Waals surface area contributed by atoms with Crippen LogP contribution in [0.15, 0.2) is 12.2 Å². The van der Waals surface area contributed by atoms with Gasteiger partial charge in [-0.25, -0.2) is 0 Å². The van der Waals surface area contributed by atoms with Gasteiger partial charge in [-0.05, 0) is 43.9 Å². The minimum atomic E-state index is -0.746. The number of carbonyl (C=O) groups is 1. The van der Waals surface area contributed by atoms with E-state index in [0.29, 0.717) is 12.8 Å². The van der Waals surface area contributed by atoms with Crippen molar-refractivity contribution >= 4 is 5.97 Å². The molecule has 1 fully saturated rings. The summed E-state index contributed by atoms with van der Waals surface area (Å²) in [5, 5.41) is 28.7. The van der Waals surface area contributed by atoms with Gasteiger partial charge in [-0.2, -0.15) is 0 Å². The Morgan fingerprint density at radius 2 is 1.80 bits per heavy atom. The topological polar surface area (TPSA) is 77.8 Å². The van der Waals surface area contributed by atoms with Crippen LogP contribution in [-0.4, -0.2) is 33.5 Å². The standard InChI is InChI=1S/C16H28O4/c1-2-3-5-8-12-13(15(18)11-14(12)17)9-6-4-7-10-16(19)20/h3,5,12-15,17-18H,2,4,6-11H2,1H3,(H,19,20). The van der Waals surface area contributed by atoms with Crippen LogP contribution in [0.1, 0.15) is 58.3 Å². The van der Waals surface area contributed by atoms with Crippen molar-refractivity contribution < 1.29 is 20.1 Å². The Balaban J connectivity index is 2.35. The number of hydrogen-bond acceptors (Lipinski definition) is 3. The third-order valence-electron chi connectivity index (χ3n) is 4.26. The second-order valence-electron chi connectivity index (χ2n) is 5.81. The molecule has 116 valence electrons. The highest BCUT2D eigenvalue weighted by atomic mass is 16.4. The monoisotopic (exact) mass is 284 g/mol. The van der Waals surface area contributed by atoms with Gasteiger partial charge in [-0.15, -0.1) is 0 Å². The highest BCUT2D eigenvalue weighted by molar-refractivity contribution is 5.66. The second kappa shape index (κ2) is 9.14. The normalized spacial score (nSPS) is 30.1. The minimum absolute atomic E-state index is 0.146. The summed E-state index contributed by atoms with van der Waals surface area (Å²) in [4.78, 5) is 10.4. The van der Waals surface area contributed by atoms with Gasteiger partial charge in [-0.1, -0.05) is 31.9 Å². The van der Waals surface area contributed by atoms with E-state index in [1.165, 1.54) is 0 Å². The molecule has 4 nitrogen and oxygen atoms in total. The van der Waals surface area contributed by atoms with Crippen molar-refractivity contribution in [1.82, 2.24) is 0 Å². The van der Waals surface area contributed by atoms with E-state index in [2.05, 4.69) is 19.1 Å². The first-order valence-corrected chi connectivity index (χ1v) is 7.79. The molecule has 0 saturated heterocycles. The van der Waals surface area contributed by atoms with Crippen LogP contribution in [0.5, 0.6) is 0 Å². The maximum Gasteiger partial charge on any atom is 0.303 e. The van der Waals surface area contributed by atoms with E-state index in [1.54, 1.807) is 0 Å². The number of aliphatic carboxylic acids is 1. The van der Waals surface area contributed by atoms with Crippen LogP contribution in [0.25, 0.3) is 0 Å². The molecule has 1 aliphatic rings. The number of aliphatic hydroxyl groups is 2. The molecule has 0 aromatic heterocycles. The van der Waals surface area contributed by atoms with E-state index < -0.39 is 18.2 Å². The number of carboxylic acids is 1. The fourth-order valence-corrected chi connectivity index (χ4v) is 3.16. The van der Waals surface area contributed by atoms with Crippen molar-refractivity contribution in [1.29, 1.82) is 0 Å². The largest absolute Gasteiger partial charge is 0.481 e. The lowest BCUT2D eigenvalue weighted by Crippen LogP contribution is -2.21. The molecule has 0 spiro atoms. The van der Waals surface area contributed by atoms with Crippen LogP contribution in [0.3, 0.4) is 0 Å². The Bertz CT molecular complexity index is 314. The number of aliphatic hydroxyl groups excluding tert-OH is 2. The summed E-state index contributed by atoms with van der Waals surface area (Å²) in [6.07, 6.45) is 9.27. The molecule has 4 heteroatoms. The molecule has 1 aliphatic carbocycles. The minimum Gasteiger partial charge on any atom is -0.481 e. The van der Waals surface area contributed by atoms with E-state index in [0.717, 1.165) is 32.1 Å². The van der Waals surface area contributed by atoms with Gasteiger partial charge >= 0.3 is 5.97 Å². The molecule has 0 aliphatic heterocycles. The second-order valence-corrected chi connectivity index (χ2v) is 5.81. The van der Waals surface area contributed by atoms with Gasteiger partial charge in [-0.3, -0.25) is 4.79 Å². The fourth-order valence-electron chi connectivity index (χ4n) is 3.16. The first-order chi connectivity index (χ1) is 9.56. The quantitative estimate of drug-likeness (QED) is 0.449. The maximum absolute atomic E-state index is 10.4. The van der Waals surface area contributed by atoms with Gasteiger partial charge in [0.05, 0.1) is 12.2 Å². The first kappa shape index (κ1) is 17.2. The molecule has 0 aromatic carbocycles. The lowest BCUT2D eigenvalue weighted by molar-refractivity contribution is -0.137. The van der Waals surface area contributed by atoms with Gasteiger partial charge < -0.3 is 15.3 Å². The van der Waals surface area contributed by atoms with Gasteiger partial charge in [0.1, 0.15) is 0 Å². The molecule has 1 rings (SSSR count). The molecular weight excluding hydrogens is 256 g/mol. The molecule has 3 N–H and O–H groups in total. The molecule has 0 aromatic rings. The summed E-state index contributed by atoms with van der Waals surface area (Å²) in [5.41, 5.74) is 0. The summed E-state index contributed by atoms with van der Waals surface area (Å²) >= 11 is 0. The van der Waals surface area contributed by atoms with Gasteiger partial charge in [0.25, 0.3) is 0 Å². The van der Waals surface area contributed by atoms with Crippen molar-refractivity contribution in [3.05, 3.63) is 12.2 Å². The predicted octanol–water partition coefficient (Wildman–Crippen LogP) is 2.74. The summed E-state index contributed by atoms with van der Waals surface area (Å²) in [7, 11) is 0. The average Bonchev–Trinajstić information content (AvgIpc) is 2.64. The van der Waals surface area contributed by atoms with E-state index >= 15 is 0 Å². The molecule has 0 amide bonds. The molecule has 20 heavy (non-hydrogen) atoms. The SMILES string of the molecule is CCC=CCC1C(O)CC(O)C1CCCCCC(=O)O. The number of rotatable bonds is 9. The van der Waals surface area contributed by atoms with Crippen molar-refractivity contribution in [3.8, 4) is 0 Å². The van der Waals surface area contributed by atoms with Crippen LogP contribution in [-0.2, 0) is 4.79 Å². The molecule has 0 bridgehead atoms.